The minimum Gasteiger partial charge on any atom is -0.299 e. The zero-order valence-corrected chi connectivity index (χ0v) is 10.8. The summed E-state index contributed by atoms with van der Waals surface area (Å²) in [4.78, 5) is 34.8. The normalized spacial score (nSPS) is 23.8. The molecular weight excluding hydrogens is 240 g/mol. The van der Waals surface area contributed by atoms with Gasteiger partial charge in [0.15, 0.2) is 11.6 Å². The number of rotatable bonds is 3. The third-order valence-electron chi connectivity index (χ3n) is 3.34. The molecule has 0 N–H and O–H groups in total. The fourth-order valence-corrected chi connectivity index (χ4v) is 2.41. The molecular formula is C16H16O3. The Morgan fingerprint density at radius 1 is 1.11 bits per heavy atom. The van der Waals surface area contributed by atoms with Gasteiger partial charge < -0.3 is 0 Å². The number of carbonyl (C=O) groups is 3. The molecule has 0 saturated heterocycles. The lowest BCUT2D eigenvalue weighted by atomic mass is 9.78. The molecule has 0 radical (unpaired) electrons. The van der Waals surface area contributed by atoms with Crippen LogP contribution < -0.4 is 0 Å². The molecule has 1 aliphatic rings. The summed E-state index contributed by atoms with van der Waals surface area (Å²) < 4.78 is 0. The first-order chi connectivity index (χ1) is 9.08. The van der Waals surface area contributed by atoms with Crippen LogP contribution in [0.5, 0.6) is 0 Å². The van der Waals surface area contributed by atoms with E-state index < -0.39 is 5.92 Å². The molecule has 0 aliphatic heterocycles. The Morgan fingerprint density at radius 2 is 1.68 bits per heavy atom. The van der Waals surface area contributed by atoms with Crippen molar-refractivity contribution >= 4 is 23.4 Å². The van der Waals surface area contributed by atoms with Crippen LogP contribution in [0.1, 0.15) is 25.3 Å². The Hall–Kier alpha value is -2.03. The van der Waals surface area contributed by atoms with Crippen molar-refractivity contribution in [2.24, 2.45) is 11.8 Å². The van der Waals surface area contributed by atoms with Crippen molar-refractivity contribution in [1.82, 2.24) is 0 Å². The first-order valence-corrected chi connectivity index (χ1v) is 6.37. The summed E-state index contributed by atoms with van der Waals surface area (Å²) in [6, 6.07) is 9.72. The van der Waals surface area contributed by atoms with E-state index in [1.807, 2.05) is 42.5 Å². The first-order valence-electron chi connectivity index (χ1n) is 6.37. The Labute approximate surface area is 112 Å². The summed E-state index contributed by atoms with van der Waals surface area (Å²) >= 11 is 0. The predicted molar refractivity (Wildman–Crippen MR) is 72.4 cm³/mol. The monoisotopic (exact) mass is 256 g/mol. The minimum atomic E-state index is -1.01. The topological polar surface area (TPSA) is 51.2 Å². The summed E-state index contributed by atoms with van der Waals surface area (Å²) in [6.45, 7) is 1.31. The van der Waals surface area contributed by atoms with Crippen LogP contribution in [0.4, 0.5) is 0 Å². The second kappa shape index (κ2) is 5.74. The molecule has 3 heteroatoms. The van der Waals surface area contributed by atoms with Gasteiger partial charge in [-0.15, -0.1) is 0 Å². The van der Waals surface area contributed by atoms with Crippen LogP contribution in [0, 0.1) is 11.8 Å². The van der Waals surface area contributed by atoms with E-state index >= 15 is 0 Å². The van der Waals surface area contributed by atoms with Crippen LogP contribution in [0.2, 0.25) is 0 Å². The summed E-state index contributed by atoms with van der Waals surface area (Å²) in [5, 5.41) is 0. The standard InChI is InChI=1S/C16H16O3/c1-11(17)16-14(18)9-13(10-15(16)19)8-7-12-5-3-2-4-6-12/h2-8,13,16H,9-10H2,1H3. The molecule has 0 heterocycles. The maximum absolute atomic E-state index is 11.8. The van der Waals surface area contributed by atoms with Crippen molar-refractivity contribution in [3.8, 4) is 0 Å². The zero-order valence-electron chi connectivity index (χ0n) is 10.8. The highest BCUT2D eigenvalue weighted by Crippen LogP contribution is 2.25. The van der Waals surface area contributed by atoms with E-state index in [0.29, 0.717) is 0 Å². The van der Waals surface area contributed by atoms with Gasteiger partial charge in [-0.1, -0.05) is 42.5 Å². The fourth-order valence-electron chi connectivity index (χ4n) is 2.41. The Balaban J connectivity index is 2.05. The summed E-state index contributed by atoms with van der Waals surface area (Å²) in [6.07, 6.45) is 4.36. The van der Waals surface area contributed by atoms with Crippen LogP contribution in [0.3, 0.4) is 0 Å². The van der Waals surface area contributed by atoms with E-state index in [2.05, 4.69) is 0 Å². The van der Waals surface area contributed by atoms with Crippen molar-refractivity contribution in [1.29, 1.82) is 0 Å². The number of Topliss-reactive ketones (excluding diaryl/α,β-unsaturated/α-hetero) is 3. The van der Waals surface area contributed by atoms with E-state index in [4.69, 9.17) is 0 Å². The van der Waals surface area contributed by atoms with E-state index in [1.54, 1.807) is 0 Å². The number of hydrogen-bond donors (Lipinski definition) is 0. The largest absolute Gasteiger partial charge is 0.299 e. The Morgan fingerprint density at radius 3 is 2.21 bits per heavy atom. The number of benzene rings is 1. The molecule has 1 saturated carbocycles. The smallest absolute Gasteiger partial charge is 0.151 e. The molecule has 0 atom stereocenters. The fraction of sp³-hybridized carbons (Fsp3) is 0.312. The number of allylic oxidation sites excluding steroid dienone is 1. The Kier molecular flexibility index (Phi) is 4.05. The molecule has 0 bridgehead atoms. The van der Waals surface area contributed by atoms with Gasteiger partial charge >= 0.3 is 0 Å². The molecule has 0 amide bonds. The lowest BCUT2D eigenvalue weighted by Crippen LogP contribution is -2.37. The quantitative estimate of drug-likeness (QED) is 0.780. The molecule has 1 aliphatic carbocycles. The number of carbonyl (C=O) groups excluding carboxylic acids is 3. The average Bonchev–Trinajstić information content (AvgIpc) is 2.36. The SMILES string of the molecule is CC(=O)C1C(=O)CC(C=Cc2ccccc2)CC1=O. The van der Waals surface area contributed by atoms with Gasteiger partial charge in [-0.05, 0) is 18.4 Å². The van der Waals surface area contributed by atoms with E-state index in [9.17, 15) is 14.4 Å². The highest BCUT2D eigenvalue weighted by atomic mass is 16.2. The van der Waals surface area contributed by atoms with E-state index in [-0.39, 0.29) is 36.1 Å². The van der Waals surface area contributed by atoms with E-state index in [0.717, 1.165) is 5.56 Å². The summed E-state index contributed by atoms with van der Waals surface area (Å²) in [7, 11) is 0. The van der Waals surface area contributed by atoms with Crippen LogP contribution >= 0.6 is 0 Å². The van der Waals surface area contributed by atoms with Gasteiger partial charge in [0.05, 0.1) is 0 Å². The van der Waals surface area contributed by atoms with Gasteiger partial charge in [0.1, 0.15) is 11.7 Å². The van der Waals surface area contributed by atoms with Crippen LogP contribution in [0.25, 0.3) is 6.08 Å². The van der Waals surface area contributed by atoms with Gasteiger partial charge in [-0.25, -0.2) is 0 Å². The lowest BCUT2D eigenvalue weighted by molar-refractivity contribution is -0.142. The van der Waals surface area contributed by atoms with Crippen molar-refractivity contribution < 1.29 is 14.4 Å². The molecule has 0 spiro atoms. The first kappa shape index (κ1) is 13.4. The molecule has 3 nitrogen and oxygen atoms in total. The molecule has 1 fully saturated rings. The molecule has 0 unspecified atom stereocenters. The highest BCUT2D eigenvalue weighted by molar-refractivity contribution is 6.20. The van der Waals surface area contributed by atoms with E-state index in [1.165, 1.54) is 6.92 Å². The van der Waals surface area contributed by atoms with Crippen molar-refractivity contribution in [3.05, 3.63) is 42.0 Å². The second-order valence-corrected chi connectivity index (χ2v) is 4.91. The maximum atomic E-state index is 11.8. The summed E-state index contributed by atoms with van der Waals surface area (Å²) in [5.41, 5.74) is 1.04. The van der Waals surface area contributed by atoms with Crippen molar-refractivity contribution in [2.75, 3.05) is 0 Å². The third-order valence-corrected chi connectivity index (χ3v) is 3.34. The van der Waals surface area contributed by atoms with Gasteiger partial charge in [-0.3, -0.25) is 14.4 Å². The molecule has 1 aromatic rings. The van der Waals surface area contributed by atoms with Crippen molar-refractivity contribution in [2.45, 2.75) is 19.8 Å². The van der Waals surface area contributed by atoms with Gasteiger partial charge in [-0.2, -0.15) is 0 Å². The lowest BCUT2D eigenvalue weighted by Gasteiger charge is -2.22. The maximum Gasteiger partial charge on any atom is 0.151 e. The molecule has 19 heavy (non-hydrogen) atoms. The predicted octanol–water partition coefficient (Wildman–Crippen LogP) is 2.45. The minimum absolute atomic E-state index is 0.0872. The van der Waals surface area contributed by atoms with Crippen LogP contribution in [0.15, 0.2) is 36.4 Å². The molecule has 2 rings (SSSR count). The second-order valence-electron chi connectivity index (χ2n) is 4.91. The van der Waals surface area contributed by atoms with Gasteiger partial charge in [0.2, 0.25) is 0 Å². The van der Waals surface area contributed by atoms with Gasteiger partial charge in [0.25, 0.3) is 0 Å². The van der Waals surface area contributed by atoms with Crippen molar-refractivity contribution in [3.63, 3.8) is 0 Å². The Bertz CT molecular complexity index is 510. The molecule has 98 valence electrons. The van der Waals surface area contributed by atoms with Crippen LogP contribution in [-0.2, 0) is 14.4 Å². The van der Waals surface area contributed by atoms with Crippen LogP contribution in [-0.4, -0.2) is 17.3 Å². The molecule has 0 aromatic heterocycles. The average molecular weight is 256 g/mol. The number of hydrogen-bond acceptors (Lipinski definition) is 3. The highest BCUT2D eigenvalue weighted by Gasteiger charge is 2.37. The summed E-state index contributed by atoms with van der Waals surface area (Å²) in [5.74, 6) is -1.92. The zero-order chi connectivity index (χ0) is 13.8. The molecule has 1 aromatic carbocycles. The third kappa shape index (κ3) is 3.25. The van der Waals surface area contributed by atoms with Gasteiger partial charge in [0, 0.05) is 12.8 Å². The number of ketones is 3.